The number of carbonyl (C=O) groups excluding carboxylic acids is 1. The molecule has 1 fully saturated rings. The summed E-state index contributed by atoms with van der Waals surface area (Å²) in [4.78, 5) is 16.9. The lowest BCUT2D eigenvalue weighted by molar-refractivity contribution is -0.116. The van der Waals surface area contributed by atoms with Crippen molar-refractivity contribution in [2.24, 2.45) is 0 Å². The van der Waals surface area contributed by atoms with E-state index in [0.717, 1.165) is 25.3 Å². The summed E-state index contributed by atoms with van der Waals surface area (Å²) in [5, 5.41) is 3.07. The van der Waals surface area contributed by atoms with Crippen LogP contribution >= 0.6 is 0 Å². The van der Waals surface area contributed by atoms with Gasteiger partial charge >= 0.3 is 0 Å². The summed E-state index contributed by atoms with van der Waals surface area (Å²) in [5.41, 5.74) is 2.15. The molecule has 0 spiro atoms. The van der Waals surface area contributed by atoms with Gasteiger partial charge in [0.2, 0.25) is 5.91 Å². The van der Waals surface area contributed by atoms with Crippen molar-refractivity contribution in [2.75, 3.05) is 39.0 Å². The van der Waals surface area contributed by atoms with E-state index in [-0.39, 0.29) is 5.91 Å². The Balaban J connectivity index is 1.82. The number of nitrogens with zero attached hydrogens (tertiary/aromatic N) is 2. The zero-order chi connectivity index (χ0) is 16.1. The molecule has 1 amide bonds. The molecule has 4 heteroatoms. The van der Waals surface area contributed by atoms with Gasteiger partial charge in [-0.15, -0.1) is 0 Å². The fourth-order valence-electron chi connectivity index (χ4n) is 3.02. The zero-order valence-corrected chi connectivity index (χ0v) is 14.3. The number of hydrogen-bond acceptors (Lipinski definition) is 3. The second-order valence-corrected chi connectivity index (χ2v) is 6.75. The van der Waals surface area contributed by atoms with Gasteiger partial charge in [0.05, 0.1) is 0 Å². The highest BCUT2D eigenvalue weighted by Gasteiger charge is 2.23. The van der Waals surface area contributed by atoms with Gasteiger partial charge < -0.3 is 15.1 Å². The Kier molecular flexibility index (Phi) is 5.98. The summed E-state index contributed by atoms with van der Waals surface area (Å²) in [6.07, 6.45) is 1.76. The average molecular weight is 303 g/mol. The lowest BCUT2D eigenvalue weighted by atomic mass is 10.0. The highest BCUT2D eigenvalue weighted by Crippen LogP contribution is 2.23. The van der Waals surface area contributed by atoms with E-state index < -0.39 is 0 Å². The molecule has 1 aromatic rings. The topological polar surface area (TPSA) is 35.6 Å². The monoisotopic (exact) mass is 303 g/mol. The van der Waals surface area contributed by atoms with Crippen molar-refractivity contribution in [1.82, 2.24) is 9.80 Å². The molecule has 22 heavy (non-hydrogen) atoms. The number of hydrogen-bond donors (Lipinski definition) is 1. The third-order valence-corrected chi connectivity index (χ3v) is 4.49. The van der Waals surface area contributed by atoms with Crippen LogP contribution in [-0.4, -0.2) is 55.5 Å². The SMILES string of the molecule is CC(C)c1ccccc1NC(=O)CCN1CC[C@@H](N(C)C)C1. The van der Waals surface area contributed by atoms with Crippen LogP contribution in [0.2, 0.25) is 0 Å². The summed E-state index contributed by atoms with van der Waals surface area (Å²) in [6.45, 7) is 7.31. The van der Waals surface area contributed by atoms with Gasteiger partial charge in [0.25, 0.3) is 0 Å². The molecule has 122 valence electrons. The Labute approximate surface area is 134 Å². The molecule has 4 nitrogen and oxygen atoms in total. The van der Waals surface area contributed by atoms with Gasteiger partial charge in [0.15, 0.2) is 0 Å². The molecule has 0 saturated carbocycles. The minimum absolute atomic E-state index is 0.112. The molecular weight excluding hydrogens is 274 g/mol. The van der Waals surface area contributed by atoms with Crippen LogP contribution in [0.15, 0.2) is 24.3 Å². The first-order chi connectivity index (χ1) is 10.5. The maximum Gasteiger partial charge on any atom is 0.225 e. The maximum absolute atomic E-state index is 12.2. The van der Waals surface area contributed by atoms with E-state index >= 15 is 0 Å². The van der Waals surface area contributed by atoms with Crippen LogP contribution in [-0.2, 0) is 4.79 Å². The predicted molar refractivity (Wildman–Crippen MR) is 92.3 cm³/mol. The number of para-hydroxylation sites is 1. The summed E-state index contributed by atoms with van der Waals surface area (Å²) < 4.78 is 0. The third kappa shape index (κ3) is 4.55. The summed E-state index contributed by atoms with van der Waals surface area (Å²) in [7, 11) is 4.26. The van der Waals surface area contributed by atoms with Crippen molar-refractivity contribution >= 4 is 11.6 Å². The maximum atomic E-state index is 12.2. The number of rotatable bonds is 6. The van der Waals surface area contributed by atoms with Gasteiger partial charge in [-0.2, -0.15) is 0 Å². The highest BCUT2D eigenvalue weighted by atomic mass is 16.1. The lowest BCUT2D eigenvalue weighted by Gasteiger charge is -2.20. The number of likely N-dealkylation sites (N-methyl/N-ethyl adjacent to an activating group) is 1. The van der Waals surface area contributed by atoms with Gasteiger partial charge in [-0.25, -0.2) is 0 Å². The molecule has 1 aliphatic rings. The van der Waals surface area contributed by atoms with Gasteiger partial charge in [-0.05, 0) is 44.6 Å². The first kappa shape index (κ1) is 17.0. The van der Waals surface area contributed by atoms with Crippen molar-refractivity contribution in [3.63, 3.8) is 0 Å². The van der Waals surface area contributed by atoms with Crippen molar-refractivity contribution in [2.45, 2.75) is 38.6 Å². The number of carbonyl (C=O) groups is 1. The zero-order valence-electron chi connectivity index (χ0n) is 14.3. The molecule has 1 aliphatic heterocycles. The molecule has 0 aliphatic carbocycles. The fraction of sp³-hybridized carbons (Fsp3) is 0.611. The Morgan fingerprint density at radius 2 is 2.09 bits per heavy atom. The summed E-state index contributed by atoms with van der Waals surface area (Å²) in [6, 6.07) is 8.71. The number of anilines is 1. The van der Waals surface area contributed by atoms with Gasteiger partial charge in [-0.1, -0.05) is 32.0 Å². The van der Waals surface area contributed by atoms with Crippen LogP contribution in [0.5, 0.6) is 0 Å². The van der Waals surface area contributed by atoms with E-state index in [9.17, 15) is 4.79 Å². The Morgan fingerprint density at radius 3 is 2.73 bits per heavy atom. The van der Waals surface area contributed by atoms with Crippen LogP contribution in [0.25, 0.3) is 0 Å². The molecule has 2 rings (SSSR count). The average Bonchev–Trinajstić information content (AvgIpc) is 2.94. The largest absolute Gasteiger partial charge is 0.326 e. The van der Waals surface area contributed by atoms with Gasteiger partial charge in [0.1, 0.15) is 0 Å². The van der Waals surface area contributed by atoms with Gasteiger partial charge in [0, 0.05) is 31.2 Å². The van der Waals surface area contributed by atoms with Crippen LogP contribution in [0, 0.1) is 0 Å². The predicted octanol–water partition coefficient (Wildman–Crippen LogP) is 2.77. The van der Waals surface area contributed by atoms with Gasteiger partial charge in [-0.3, -0.25) is 4.79 Å². The van der Waals surface area contributed by atoms with Crippen LogP contribution < -0.4 is 5.32 Å². The van der Waals surface area contributed by atoms with Crippen molar-refractivity contribution in [1.29, 1.82) is 0 Å². The molecule has 1 aromatic carbocycles. The molecule has 1 atom stereocenters. The van der Waals surface area contributed by atoms with Crippen LogP contribution in [0.4, 0.5) is 5.69 Å². The first-order valence-electron chi connectivity index (χ1n) is 8.25. The molecule has 1 saturated heterocycles. The molecule has 1 heterocycles. The molecule has 0 radical (unpaired) electrons. The molecule has 0 bridgehead atoms. The van der Waals surface area contributed by atoms with E-state index in [1.807, 2.05) is 18.2 Å². The standard InChI is InChI=1S/C18H29N3O/c1-14(2)16-7-5-6-8-17(16)19-18(22)10-12-21-11-9-15(13-21)20(3)4/h5-8,14-15H,9-13H2,1-4H3,(H,19,22)/t15-/m1/s1. The van der Waals surface area contributed by atoms with E-state index in [1.54, 1.807) is 0 Å². The Morgan fingerprint density at radius 1 is 1.36 bits per heavy atom. The van der Waals surface area contributed by atoms with Crippen molar-refractivity contribution in [3.8, 4) is 0 Å². The normalized spacial score (nSPS) is 19.1. The van der Waals surface area contributed by atoms with E-state index in [4.69, 9.17) is 0 Å². The second kappa shape index (κ2) is 7.75. The highest BCUT2D eigenvalue weighted by molar-refractivity contribution is 5.91. The van der Waals surface area contributed by atoms with Crippen LogP contribution in [0.3, 0.4) is 0 Å². The molecule has 0 unspecified atom stereocenters. The Hall–Kier alpha value is -1.39. The minimum Gasteiger partial charge on any atom is -0.326 e. The number of amides is 1. The minimum atomic E-state index is 0.112. The third-order valence-electron chi connectivity index (χ3n) is 4.49. The fourth-order valence-corrected chi connectivity index (χ4v) is 3.02. The molecule has 0 aromatic heterocycles. The molecular formula is C18H29N3O. The molecule has 1 N–H and O–H groups in total. The number of nitrogens with one attached hydrogen (secondary N) is 1. The van der Waals surface area contributed by atoms with E-state index in [1.165, 1.54) is 12.0 Å². The summed E-state index contributed by atoms with van der Waals surface area (Å²) >= 11 is 0. The first-order valence-corrected chi connectivity index (χ1v) is 8.25. The quantitative estimate of drug-likeness (QED) is 0.878. The van der Waals surface area contributed by atoms with Crippen molar-refractivity contribution in [3.05, 3.63) is 29.8 Å². The van der Waals surface area contributed by atoms with Crippen molar-refractivity contribution < 1.29 is 4.79 Å². The smallest absolute Gasteiger partial charge is 0.225 e. The van der Waals surface area contributed by atoms with E-state index in [0.29, 0.717) is 18.4 Å². The lowest BCUT2D eigenvalue weighted by Crippen LogP contribution is -2.32. The number of likely N-dealkylation sites (tertiary alicyclic amines) is 1. The second-order valence-electron chi connectivity index (χ2n) is 6.75. The number of benzene rings is 1. The Bertz CT molecular complexity index is 499. The summed E-state index contributed by atoms with van der Waals surface area (Å²) in [5.74, 6) is 0.525. The van der Waals surface area contributed by atoms with E-state index in [2.05, 4.69) is 49.1 Å². The van der Waals surface area contributed by atoms with Crippen LogP contribution in [0.1, 0.15) is 38.2 Å².